The third kappa shape index (κ3) is 1.73. The lowest BCUT2D eigenvalue weighted by Crippen LogP contribution is -1.71. The molecule has 0 fully saturated rings. The fourth-order valence-electron chi connectivity index (χ4n) is 0.552. The minimum atomic E-state index is 0. The maximum absolute atomic E-state index is 8.38. The van der Waals surface area contributed by atoms with Crippen LogP contribution in [0.1, 0.15) is 5.56 Å². The predicted molar refractivity (Wildman–Crippen MR) is 39.8 cm³/mol. The molecule has 0 unspecified atom stereocenters. The zero-order valence-electron chi connectivity index (χ0n) is 5.13. The molecular weight excluding hydrogens is 150 g/mol. The molecule has 0 spiro atoms. The van der Waals surface area contributed by atoms with Crippen LogP contribution in [0.2, 0.25) is 5.02 Å². The van der Waals surface area contributed by atoms with Crippen LogP contribution in [0.4, 0.5) is 0 Å². The van der Waals surface area contributed by atoms with E-state index in [9.17, 15) is 0 Å². The van der Waals surface area contributed by atoms with Crippen LogP contribution < -0.4 is 0 Å². The highest BCUT2D eigenvalue weighted by Gasteiger charge is 1.92. The fraction of sp³-hybridized carbons (Fsp3) is 0. The van der Waals surface area contributed by atoms with Gasteiger partial charge in [0.2, 0.25) is 0 Å². The largest absolute Gasteiger partial charge is 0.412 e. The maximum atomic E-state index is 8.38. The lowest BCUT2D eigenvalue weighted by atomic mass is 10.2. The molecule has 0 saturated carbocycles. The average Bonchev–Trinajstić information content (AvgIpc) is 1.89. The quantitative estimate of drug-likeness (QED) is 0.559. The molecule has 0 amide bonds. The van der Waals surface area contributed by atoms with E-state index in [2.05, 4.69) is 0 Å². The molecule has 1 aromatic rings. The van der Waals surface area contributed by atoms with E-state index in [0.29, 0.717) is 10.6 Å². The van der Waals surface area contributed by atoms with Gasteiger partial charge in [-0.2, -0.15) is 5.26 Å². The second kappa shape index (κ2) is 3.89. The molecule has 2 N–H and O–H groups in total. The van der Waals surface area contributed by atoms with E-state index < -0.39 is 0 Å². The van der Waals surface area contributed by atoms with Crippen LogP contribution in [0.25, 0.3) is 0 Å². The zero-order chi connectivity index (χ0) is 6.69. The Labute approximate surface area is 64.0 Å². The first-order chi connectivity index (χ1) is 4.34. The highest BCUT2D eigenvalue weighted by molar-refractivity contribution is 6.31. The lowest BCUT2D eigenvalue weighted by Gasteiger charge is -1.88. The van der Waals surface area contributed by atoms with Crippen LogP contribution in [0.5, 0.6) is 0 Å². The van der Waals surface area contributed by atoms with Crippen LogP contribution in [-0.2, 0) is 0 Å². The summed E-state index contributed by atoms with van der Waals surface area (Å²) in [6, 6.07) is 8.92. The van der Waals surface area contributed by atoms with Crippen LogP contribution in [-0.4, -0.2) is 5.48 Å². The highest BCUT2D eigenvalue weighted by Crippen LogP contribution is 2.12. The number of rotatable bonds is 0. The molecule has 52 valence electrons. The molecule has 0 heterocycles. The van der Waals surface area contributed by atoms with Gasteiger partial charge in [0.1, 0.15) is 6.07 Å². The molecular formula is C7H6ClNO. The van der Waals surface area contributed by atoms with Gasteiger partial charge in [-0.05, 0) is 12.1 Å². The summed E-state index contributed by atoms with van der Waals surface area (Å²) in [7, 11) is 0. The van der Waals surface area contributed by atoms with Gasteiger partial charge in [-0.1, -0.05) is 23.7 Å². The van der Waals surface area contributed by atoms with Gasteiger partial charge in [-0.25, -0.2) is 0 Å². The van der Waals surface area contributed by atoms with Crippen molar-refractivity contribution >= 4 is 11.6 Å². The van der Waals surface area contributed by atoms with Crippen molar-refractivity contribution < 1.29 is 5.48 Å². The Morgan fingerprint density at radius 2 is 1.90 bits per heavy atom. The van der Waals surface area contributed by atoms with Gasteiger partial charge < -0.3 is 5.48 Å². The molecule has 0 bridgehead atoms. The van der Waals surface area contributed by atoms with E-state index >= 15 is 0 Å². The molecule has 0 aromatic heterocycles. The fourth-order valence-corrected chi connectivity index (χ4v) is 0.730. The van der Waals surface area contributed by atoms with Crippen LogP contribution >= 0.6 is 11.6 Å². The summed E-state index contributed by atoms with van der Waals surface area (Å²) in [6.45, 7) is 0. The molecule has 0 aliphatic heterocycles. The monoisotopic (exact) mass is 155 g/mol. The van der Waals surface area contributed by atoms with E-state index in [4.69, 9.17) is 16.9 Å². The third-order valence-corrected chi connectivity index (χ3v) is 1.32. The van der Waals surface area contributed by atoms with E-state index in [0.717, 1.165) is 0 Å². The van der Waals surface area contributed by atoms with Gasteiger partial charge in [-0.15, -0.1) is 0 Å². The van der Waals surface area contributed by atoms with E-state index in [1.165, 1.54) is 0 Å². The second-order valence-corrected chi connectivity index (χ2v) is 2.00. The Kier molecular flexibility index (Phi) is 3.48. The number of halogens is 1. The van der Waals surface area contributed by atoms with Crippen molar-refractivity contribution in [3.63, 3.8) is 0 Å². The molecule has 2 nitrogen and oxygen atoms in total. The summed E-state index contributed by atoms with van der Waals surface area (Å²) in [4.78, 5) is 0. The van der Waals surface area contributed by atoms with Gasteiger partial charge in [0, 0.05) is 0 Å². The molecule has 10 heavy (non-hydrogen) atoms. The second-order valence-electron chi connectivity index (χ2n) is 1.59. The van der Waals surface area contributed by atoms with Gasteiger partial charge >= 0.3 is 0 Å². The van der Waals surface area contributed by atoms with E-state index in [1.54, 1.807) is 24.3 Å². The first-order valence-corrected chi connectivity index (χ1v) is 2.87. The third-order valence-electron chi connectivity index (χ3n) is 0.994. The number of benzene rings is 1. The minimum absolute atomic E-state index is 0. The van der Waals surface area contributed by atoms with Gasteiger partial charge in [0.25, 0.3) is 0 Å². The topological polar surface area (TPSA) is 55.3 Å². The normalized spacial score (nSPS) is 7.60. The highest BCUT2D eigenvalue weighted by atomic mass is 35.5. The van der Waals surface area contributed by atoms with Crippen LogP contribution in [0, 0.1) is 11.3 Å². The number of hydrogen-bond donors (Lipinski definition) is 0. The van der Waals surface area contributed by atoms with Crippen molar-refractivity contribution in [1.29, 1.82) is 5.26 Å². The van der Waals surface area contributed by atoms with Crippen LogP contribution in [0.15, 0.2) is 24.3 Å². The van der Waals surface area contributed by atoms with Gasteiger partial charge in [0.05, 0.1) is 10.6 Å². The van der Waals surface area contributed by atoms with Gasteiger partial charge in [-0.3, -0.25) is 0 Å². The Balaban J connectivity index is 0.000000810. The molecule has 1 aromatic carbocycles. The van der Waals surface area contributed by atoms with Crippen molar-refractivity contribution in [3.8, 4) is 6.07 Å². The lowest BCUT2D eigenvalue weighted by molar-refractivity contribution is 0.824. The Morgan fingerprint density at radius 3 is 2.30 bits per heavy atom. The molecule has 1 rings (SSSR count). The van der Waals surface area contributed by atoms with Crippen molar-refractivity contribution in [2.24, 2.45) is 0 Å². The first-order valence-electron chi connectivity index (χ1n) is 2.49. The summed E-state index contributed by atoms with van der Waals surface area (Å²) in [5.41, 5.74) is 0.527. The summed E-state index contributed by atoms with van der Waals surface area (Å²) >= 11 is 5.60. The van der Waals surface area contributed by atoms with Crippen LogP contribution in [0.3, 0.4) is 0 Å². The summed E-state index contributed by atoms with van der Waals surface area (Å²) in [5.74, 6) is 0. The maximum Gasteiger partial charge on any atom is 0.101 e. The van der Waals surface area contributed by atoms with Crippen molar-refractivity contribution in [1.82, 2.24) is 0 Å². The van der Waals surface area contributed by atoms with E-state index in [-0.39, 0.29) is 5.48 Å². The Hall–Kier alpha value is -1.04. The van der Waals surface area contributed by atoms with Crippen molar-refractivity contribution in [2.45, 2.75) is 0 Å². The predicted octanol–water partition coefficient (Wildman–Crippen LogP) is 1.39. The molecule has 0 aliphatic rings. The van der Waals surface area contributed by atoms with E-state index in [1.807, 2.05) is 6.07 Å². The zero-order valence-corrected chi connectivity index (χ0v) is 5.89. The average molecular weight is 156 g/mol. The Bertz CT molecular complexity index is 254. The number of nitriles is 1. The Morgan fingerprint density at radius 1 is 1.30 bits per heavy atom. The summed E-state index contributed by atoms with van der Waals surface area (Å²) in [6.07, 6.45) is 0. The molecule has 0 aliphatic carbocycles. The summed E-state index contributed by atoms with van der Waals surface area (Å²) < 4.78 is 0. The van der Waals surface area contributed by atoms with Crippen molar-refractivity contribution in [3.05, 3.63) is 34.9 Å². The number of hydrogen-bond acceptors (Lipinski definition) is 1. The van der Waals surface area contributed by atoms with Crippen molar-refractivity contribution in [2.75, 3.05) is 0 Å². The molecule has 0 radical (unpaired) electrons. The molecule has 0 saturated heterocycles. The first kappa shape index (κ1) is 8.96. The standard InChI is InChI=1S/C7H4ClN.H2O/c8-7-4-2-1-3-6(7)5-9;/h1-4H;1H2. The number of nitrogens with zero attached hydrogens (tertiary/aromatic N) is 1. The molecule has 0 atom stereocenters. The smallest absolute Gasteiger partial charge is 0.101 e. The SMILES string of the molecule is N#Cc1ccccc1Cl.O. The van der Waals surface area contributed by atoms with Gasteiger partial charge in [0.15, 0.2) is 0 Å². The summed E-state index contributed by atoms with van der Waals surface area (Å²) in [5, 5.41) is 8.90. The minimum Gasteiger partial charge on any atom is -0.412 e. The molecule has 3 heteroatoms.